The van der Waals surface area contributed by atoms with Crippen LogP contribution < -0.4 is 10.6 Å². The molecule has 144 valence electrons. The molecule has 28 heavy (non-hydrogen) atoms. The monoisotopic (exact) mass is 374 g/mol. The Kier molecular flexibility index (Phi) is 5.45. The van der Waals surface area contributed by atoms with Crippen LogP contribution in [0.5, 0.6) is 0 Å². The molecule has 0 radical (unpaired) electrons. The van der Waals surface area contributed by atoms with E-state index in [0.29, 0.717) is 11.6 Å². The Morgan fingerprint density at radius 3 is 2.39 bits per heavy atom. The summed E-state index contributed by atoms with van der Waals surface area (Å²) < 4.78 is 0. The standard InChI is InChI=1S/C23H26N4O/c1-15-9-8-10-17(13-15)25-21(28)20-14-16(2)24-22(27-20)26-19-12-7-6-11-18(19)23(3,4)5/h6-14H,1-5H3,(H,25,28)(H,24,26,27). The quantitative estimate of drug-likeness (QED) is 0.643. The van der Waals surface area contributed by atoms with Crippen molar-refractivity contribution in [2.45, 2.75) is 40.0 Å². The normalized spacial score (nSPS) is 11.2. The zero-order chi connectivity index (χ0) is 20.3. The number of nitrogens with one attached hydrogen (secondary N) is 2. The number of benzene rings is 2. The Hall–Kier alpha value is -3.21. The van der Waals surface area contributed by atoms with Crippen LogP contribution in [0.4, 0.5) is 17.3 Å². The Morgan fingerprint density at radius 2 is 1.68 bits per heavy atom. The van der Waals surface area contributed by atoms with Crippen LogP contribution in [-0.4, -0.2) is 15.9 Å². The topological polar surface area (TPSA) is 66.9 Å². The van der Waals surface area contributed by atoms with Crippen LogP contribution >= 0.6 is 0 Å². The van der Waals surface area contributed by atoms with Crippen molar-refractivity contribution < 1.29 is 4.79 Å². The third-order valence-corrected chi connectivity index (χ3v) is 4.34. The second kappa shape index (κ2) is 7.80. The van der Waals surface area contributed by atoms with Gasteiger partial charge in [-0.3, -0.25) is 4.79 Å². The van der Waals surface area contributed by atoms with E-state index in [1.807, 2.05) is 56.3 Å². The molecule has 0 aliphatic carbocycles. The summed E-state index contributed by atoms with van der Waals surface area (Å²) in [6.45, 7) is 10.3. The predicted octanol–water partition coefficient (Wildman–Crippen LogP) is 5.39. The highest BCUT2D eigenvalue weighted by atomic mass is 16.1. The molecule has 3 rings (SSSR count). The first-order valence-electron chi connectivity index (χ1n) is 9.32. The van der Waals surface area contributed by atoms with Crippen molar-refractivity contribution in [2.24, 2.45) is 0 Å². The summed E-state index contributed by atoms with van der Waals surface area (Å²) in [5, 5.41) is 6.18. The molecule has 0 saturated heterocycles. The Morgan fingerprint density at radius 1 is 0.929 bits per heavy atom. The van der Waals surface area contributed by atoms with E-state index in [1.54, 1.807) is 6.07 Å². The molecule has 5 heteroatoms. The van der Waals surface area contributed by atoms with Gasteiger partial charge in [-0.1, -0.05) is 51.1 Å². The van der Waals surface area contributed by atoms with Gasteiger partial charge in [0.15, 0.2) is 0 Å². The van der Waals surface area contributed by atoms with E-state index in [1.165, 1.54) is 0 Å². The average Bonchev–Trinajstić information content (AvgIpc) is 2.61. The molecule has 1 aromatic heterocycles. The van der Waals surface area contributed by atoms with Crippen molar-refractivity contribution >= 4 is 23.2 Å². The average molecular weight is 374 g/mol. The van der Waals surface area contributed by atoms with Crippen molar-refractivity contribution in [1.29, 1.82) is 0 Å². The molecule has 1 amide bonds. The number of aromatic nitrogens is 2. The summed E-state index contributed by atoms with van der Waals surface area (Å²) in [6, 6.07) is 17.4. The van der Waals surface area contributed by atoms with Crippen molar-refractivity contribution in [3.05, 3.63) is 77.1 Å². The molecule has 0 saturated carbocycles. The van der Waals surface area contributed by atoms with E-state index in [0.717, 1.165) is 28.2 Å². The van der Waals surface area contributed by atoms with Gasteiger partial charge in [0.05, 0.1) is 0 Å². The molecule has 1 heterocycles. The first-order chi connectivity index (χ1) is 13.2. The van der Waals surface area contributed by atoms with E-state index in [9.17, 15) is 4.79 Å². The van der Waals surface area contributed by atoms with Gasteiger partial charge in [-0.15, -0.1) is 0 Å². The van der Waals surface area contributed by atoms with Gasteiger partial charge in [-0.2, -0.15) is 0 Å². The number of anilines is 3. The molecule has 0 atom stereocenters. The SMILES string of the molecule is Cc1cccc(NC(=O)c2cc(C)nc(Nc3ccccc3C(C)(C)C)n2)c1. The lowest BCUT2D eigenvalue weighted by atomic mass is 9.86. The molecule has 0 aliphatic rings. The van der Waals surface area contributed by atoms with E-state index in [-0.39, 0.29) is 11.3 Å². The van der Waals surface area contributed by atoms with Crippen molar-refractivity contribution in [3.63, 3.8) is 0 Å². The Labute approximate surface area is 166 Å². The molecule has 0 spiro atoms. The van der Waals surface area contributed by atoms with Crippen LogP contribution in [0, 0.1) is 13.8 Å². The van der Waals surface area contributed by atoms with Crippen molar-refractivity contribution in [1.82, 2.24) is 9.97 Å². The third kappa shape index (κ3) is 4.74. The summed E-state index contributed by atoms with van der Waals surface area (Å²) in [5.74, 6) is 0.148. The zero-order valence-corrected chi connectivity index (χ0v) is 17.0. The van der Waals surface area contributed by atoms with Crippen LogP contribution in [-0.2, 0) is 5.41 Å². The maximum Gasteiger partial charge on any atom is 0.274 e. The van der Waals surface area contributed by atoms with E-state index < -0.39 is 0 Å². The largest absolute Gasteiger partial charge is 0.324 e. The second-order valence-corrected chi connectivity index (χ2v) is 7.96. The fraction of sp³-hybridized carbons (Fsp3) is 0.261. The summed E-state index contributed by atoms with van der Waals surface area (Å²) in [5.41, 5.74) is 4.94. The van der Waals surface area contributed by atoms with Gasteiger partial charge in [-0.05, 0) is 54.7 Å². The minimum absolute atomic E-state index is 0.0290. The maximum absolute atomic E-state index is 12.7. The highest BCUT2D eigenvalue weighted by molar-refractivity contribution is 6.03. The van der Waals surface area contributed by atoms with Gasteiger partial charge in [0, 0.05) is 17.1 Å². The van der Waals surface area contributed by atoms with Crippen LogP contribution in [0.1, 0.15) is 48.1 Å². The van der Waals surface area contributed by atoms with E-state index in [2.05, 4.69) is 47.4 Å². The number of hydrogen-bond donors (Lipinski definition) is 2. The van der Waals surface area contributed by atoms with Crippen LogP contribution in [0.3, 0.4) is 0 Å². The highest BCUT2D eigenvalue weighted by Gasteiger charge is 2.18. The number of nitrogens with zero attached hydrogens (tertiary/aromatic N) is 2. The van der Waals surface area contributed by atoms with E-state index in [4.69, 9.17) is 0 Å². The molecule has 2 aromatic carbocycles. The molecular weight excluding hydrogens is 348 g/mol. The summed E-state index contributed by atoms with van der Waals surface area (Å²) in [6.07, 6.45) is 0. The minimum Gasteiger partial charge on any atom is -0.324 e. The molecule has 5 nitrogen and oxygen atoms in total. The van der Waals surface area contributed by atoms with Crippen molar-refractivity contribution in [3.8, 4) is 0 Å². The van der Waals surface area contributed by atoms with Crippen molar-refractivity contribution in [2.75, 3.05) is 10.6 Å². The first-order valence-corrected chi connectivity index (χ1v) is 9.32. The van der Waals surface area contributed by atoms with Gasteiger partial charge < -0.3 is 10.6 Å². The summed E-state index contributed by atoms with van der Waals surface area (Å²) in [4.78, 5) is 21.6. The van der Waals surface area contributed by atoms with Crippen LogP contribution in [0.15, 0.2) is 54.6 Å². The number of hydrogen-bond acceptors (Lipinski definition) is 4. The fourth-order valence-electron chi connectivity index (χ4n) is 3.03. The second-order valence-electron chi connectivity index (χ2n) is 7.96. The number of carbonyl (C=O) groups is 1. The molecule has 0 bridgehead atoms. The number of para-hydroxylation sites is 1. The number of rotatable bonds is 4. The third-order valence-electron chi connectivity index (χ3n) is 4.34. The lowest BCUT2D eigenvalue weighted by molar-refractivity contribution is 0.102. The predicted molar refractivity (Wildman–Crippen MR) is 114 cm³/mol. The smallest absolute Gasteiger partial charge is 0.274 e. The lowest BCUT2D eigenvalue weighted by Gasteiger charge is -2.23. The molecular formula is C23H26N4O. The van der Waals surface area contributed by atoms with E-state index >= 15 is 0 Å². The molecule has 3 aromatic rings. The number of carbonyl (C=O) groups excluding carboxylic acids is 1. The Bertz CT molecular complexity index is 1010. The summed E-state index contributed by atoms with van der Waals surface area (Å²) >= 11 is 0. The minimum atomic E-state index is -0.261. The molecule has 2 N–H and O–H groups in total. The highest BCUT2D eigenvalue weighted by Crippen LogP contribution is 2.30. The Balaban J connectivity index is 1.87. The number of amides is 1. The van der Waals surface area contributed by atoms with Crippen LogP contribution in [0.2, 0.25) is 0 Å². The lowest BCUT2D eigenvalue weighted by Crippen LogP contribution is -2.17. The molecule has 0 unspecified atom stereocenters. The van der Waals surface area contributed by atoms with Crippen LogP contribution in [0.25, 0.3) is 0 Å². The maximum atomic E-state index is 12.7. The first kappa shape index (κ1) is 19.5. The number of aryl methyl sites for hydroxylation is 2. The van der Waals surface area contributed by atoms with Gasteiger partial charge in [0.25, 0.3) is 5.91 Å². The zero-order valence-electron chi connectivity index (χ0n) is 17.0. The summed E-state index contributed by atoms with van der Waals surface area (Å²) in [7, 11) is 0. The van der Waals surface area contributed by atoms with Gasteiger partial charge >= 0.3 is 0 Å². The van der Waals surface area contributed by atoms with Gasteiger partial charge in [0.2, 0.25) is 5.95 Å². The molecule has 0 fully saturated rings. The van der Waals surface area contributed by atoms with Gasteiger partial charge in [-0.25, -0.2) is 9.97 Å². The fourth-order valence-corrected chi connectivity index (χ4v) is 3.03. The molecule has 0 aliphatic heterocycles. The van der Waals surface area contributed by atoms with Gasteiger partial charge in [0.1, 0.15) is 5.69 Å².